The molecule has 0 bridgehead atoms. The predicted molar refractivity (Wildman–Crippen MR) is 78.2 cm³/mol. The van der Waals surface area contributed by atoms with Crippen LogP contribution in [-0.2, 0) is 0 Å². The van der Waals surface area contributed by atoms with Crippen molar-refractivity contribution in [1.82, 2.24) is 20.2 Å². The molecule has 0 saturated carbocycles. The van der Waals surface area contributed by atoms with Gasteiger partial charge in [0, 0.05) is 31.0 Å². The zero-order valence-electron chi connectivity index (χ0n) is 11.7. The zero-order valence-corrected chi connectivity index (χ0v) is 11.7. The highest BCUT2D eigenvalue weighted by atomic mass is 15.4. The van der Waals surface area contributed by atoms with Gasteiger partial charge in [-0.25, -0.2) is 0 Å². The number of aromatic amines is 1. The second kappa shape index (κ2) is 5.20. The maximum absolute atomic E-state index is 5.84. The molecule has 2 aromatic rings. The lowest BCUT2D eigenvalue weighted by atomic mass is 9.81. The third-order valence-corrected chi connectivity index (χ3v) is 4.17. The first-order valence-corrected chi connectivity index (χ1v) is 6.98. The van der Waals surface area contributed by atoms with Gasteiger partial charge in [-0.15, -0.1) is 5.10 Å². The molecule has 0 atom stereocenters. The van der Waals surface area contributed by atoms with Crippen molar-refractivity contribution in [2.75, 3.05) is 24.5 Å². The van der Waals surface area contributed by atoms with Crippen molar-refractivity contribution in [2.45, 2.75) is 19.8 Å². The quantitative estimate of drug-likeness (QED) is 0.883. The lowest BCUT2D eigenvalue weighted by molar-refractivity contribution is 0.257. The molecule has 3 heterocycles. The third-order valence-electron chi connectivity index (χ3n) is 4.17. The van der Waals surface area contributed by atoms with Crippen molar-refractivity contribution in [3.8, 4) is 11.4 Å². The summed E-state index contributed by atoms with van der Waals surface area (Å²) in [6.07, 6.45) is 5.68. The summed E-state index contributed by atoms with van der Waals surface area (Å²) in [5.41, 5.74) is 7.11. The topological polar surface area (TPSA) is 83.7 Å². The molecule has 0 amide bonds. The third kappa shape index (κ3) is 2.51. The molecule has 1 aliphatic heterocycles. The van der Waals surface area contributed by atoms with E-state index in [1.807, 2.05) is 12.1 Å². The molecule has 3 rings (SSSR count). The van der Waals surface area contributed by atoms with Crippen LogP contribution in [0.2, 0.25) is 0 Å². The summed E-state index contributed by atoms with van der Waals surface area (Å²) in [7, 11) is 0. The van der Waals surface area contributed by atoms with E-state index >= 15 is 0 Å². The molecule has 0 aliphatic carbocycles. The number of pyridine rings is 1. The number of piperidine rings is 1. The fourth-order valence-electron chi connectivity index (χ4n) is 2.48. The smallest absolute Gasteiger partial charge is 0.245 e. The van der Waals surface area contributed by atoms with E-state index in [0.717, 1.165) is 49.8 Å². The van der Waals surface area contributed by atoms with Crippen LogP contribution in [-0.4, -0.2) is 39.8 Å². The molecule has 1 fully saturated rings. The van der Waals surface area contributed by atoms with Gasteiger partial charge in [-0.1, -0.05) is 6.92 Å². The Hall–Kier alpha value is -1.95. The molecular formula is C14H20N6. The van der Waals surface area contributed by atoms with Crippen LogP contribution in [0.3, 0.4) is 0 Å². The van der Waals surface area contributed by atoms with Crippen LogP contribution < -0.4 is 10.6 Å². The lowest BCUT2D eigenvalue weighted by Crippen LogP contribution is -2.42. The number of nitrogens with one attached hydrogen (secondary N) is 1. The Labute approximate surface area is 118 Å². The Kier molecular flexibility index (Phi) is 3.40. The summed E-state index contributed by atoms with van der Waals surface area (Å²) >= 11 is 0. The van der Waals surface area contributed by atoms with E-state index in [-0.39, 0.29) is 5.41 Å². The minimum Gasteiger partial charge on any atom is -0.339 e. The van der Waals surface area contributed by atoms with Gasteiger partial charge in [0.25, 0.3) is 0 Å². The fraction of sp³-hybridized carbons (Fsp3) is 0.500. The highest BCUT2D eigenvalue weighted by Crippen LogP contribution is 2.31. The summed E-state index contributed by atoms with van der Waals surface area (Å²) in [4.78, 5) is 10.8. The van der Waals surface area contributed by atoms with Crippen LogP contribution in [0.4, 0.5) is 5.95 Å². The first-order valence-electron chi connectivity index (χ1n) is 6.98. The average molecular weight is 272 g/mol. The minimum atomic E-state index is 0.265. The van der Waals surface area contributed by atoms with Crippen molar-refractivity contribution in [2.24, 2.45) is 11.1 Å². The summed E-state index contributed by atoms with van der Waals surface area (Å²) < 4.78 is 0. The van der Waals surface area contributed by atoms with Gasteiger partial charge in [0.15, 0.2) is 5.82 Å². The molecule has 6 nitrogen and oxygen atoms in total. The zero-order chi connectivity index (χ0) is 14.0. The maximum atomic E-state index is 5.84. The molecule has 106 valence electrons. The van der Waals surface area contributed by atoms with E-state index in [1.165, 1.54) is 0 Å². The maximum Gasteiger partial charge on any atom is 0.245 e. The molecule has 20 heavy (non-hydrogen) atoms. The molecule has 0 aromatic carbocycles. The van der Waals surface area contributed by atoms with Crippen molar-refractivity contribution < 1.29 is 0 Å². The molecular weight excluding hydrogens is 252 g/mol. The van der Waals surface area contributed by atoms with E-state index in [9.17, 15) is 0 Å². The van der Waals surface area contributed by atoms with E-state index in [0.29, 0.717) is 0 Å². The molecule has 3 N–H and O–H groups in total. The minimum absolute atomic E-state index is 0.265. The number of aromatic nitrogens is 4. The number of hydrogen-bond donors (Lipinski definition) is 2. The number of hydrogen-bond acceptors (Lipinski definition) is 5. The van der Waals surface area contributed by atoms with Gasteiger partial charge in [-0.2, -0.15) is 4.98 Å². The van der Waals surface area contributed by atoms with E-state index in [4.69, 9.17) is 5.73 Å². The SMILES string of the molecule is CC1(CN)CCN(c2n[nH]c(-c3ccncc3)n2)CC1. The Morgan fingerprint density at radius 1 is 1.30 bits per heavy atom. The van der Waals surface area contributed by atoms with E-state index < -0.39 is 0 Å². The number of anilines is 1. The molecule has 0 unspecified atom stereocenters. The Morgan fingerprint density at radius 2 is 2.00 bits per heavy atom. The second-order valence-electron chi connectivity index (χ2n) is 5.72. The van der Waals surface area contributed by atoms with Crippen LogP contribution in [0.1, 0.15) is 19.8 Å². The van der Waals surface area contributed by atoms with Gasteiger partial charge >= 0.3 is 0 Å². The van der Waals surface area contributed by atoms with Crippen LogP contribution in [0, 0.1) is 5.41 Å². The predicted octanol–water partition coefficient (Wildman–Crippen LogP) is 1.43. The van der Waals surface area contributed by atoms with Gasteiger partial charge in [0.1, 0.15) is 0 Å². The molecule has 2 aromatic heterocycles. The molecule has 6 heteroatoms. The molecule has 0 spiro atoms. The van der Waals surface area contributed by atoms with Crippen molar-refractivity contribution in [3.05, 3.63) is 24.5 Å². The van der Waals surface area contributed by atoms with Gasteiger partial charge in [-0.3, -0.25) is 10.1 Å². The Balaban J connectivity index is 1.72. The van der Waals surface area contributed by atoms with Crippen LogP contribution in [0.5, 0.6) is 0 Å². The highest BCUT2D eigenvalue weighted by molar-refractivity contribution is 5.55. The highest BCUT2D eigenvalue weighted by Gasteiger charge is 2.30. The van der Waals surface area contributed by atoms with Gasteiger partial charge < -0.3 is 10.6 Å². The van der Waals surface area contributed by atoms with Crippen molar-refractivity contribution in [3.63, 3.8) is 0 Å². The van der Waals surface area contributed by atoms with Crippen LogP contribution in [0.25, 0.3) is 11.4 Å². The molecule has 0 radical (unpaired) electrons. The second-order valence-corrected chi connectivity index (χ2v) is 5.72. The lowest BCUT2D eigenvalue weighted by Gasteiger charge is -2.38. The summed E-state index contributed by atoms with van der Waals surface area (Å²) in [6.45, 7) is 4.92. The standard InChI is InChI=1S/C14H20N6/c1-14(10-15)4-8-20(9-5-14)13-17-12(18-19-13)11-2-6-16-7-3-11/h2-3,6-7H,4-5,8-10,15H2,1H3,(H,17,18,19). The number of nitrogens with zero attached hydrogens (tertiary/aromatic N) is 4. The first kappa shape index (κ1) is 13.1. The first-order chi connectivity index (χ1) is 9.70. The average Bonchev–Trinajstić information content (AvgIpc) is 2.99. The number of H-pyrrole nitrogens is 1. The molecule has 1 aliphatic rings. The largest absolute Gasteiger partial charge is 0.339 e. The number of nitrogens with two attached hydrogens (primary N) is 1. The van der Waals surface area contributed by atoms with Crippen molar-refractivity contribution in [1.29, 1.82) is 0 Å². The fourth-order valence-corrected chi connectivity index (χ4v) is 2.48. The van der Waals surface area contributed by atoms with Crippen LogP contribution >= 0.6 is 0 Å². The number of rotatable bonds is 3. The van der Waals surface area contributed by atoms with Gasteiger partial charge in [-0.05, 0) is 36.9 Å². The summed E-state index contributed by atoms with van der Waals surface area (Å²) in [5, 5.41) is 7.33. The van der Waals surface area contributed by atoms with Crippen LogP contribution in [0.15, 0.2) is 24.5 Å². The Morgan fingerprint density at radius 3 is 2.65 bits per heavy atom. The van der Waals surface area contributed by atoms with E-state index in [2.05, 4.69) is 32.0 Å². The normalized spacial score (nSPS) is 18.2. The monoisotopic (exact) mass is 272 g/mol. The van der Waals surface area contributed by atoms with Crippen molar-refractivity contribution >= 4 is 5.95 Å². The summed E-state index contributed by atoms with van der Waals surface area (Å²) in [5.74, 6) is 1.56. The van der Waals surface area contributed by atoms with E-state index in [1.54, 1.807) is 12.4 Å². The summed E-state index contributed by atoms with van der Waals surface area (Å²) in [6, 6.07) is 3.85. The Bertz CT molecular complexity index is 556. The van der Waals surface area contributed by atoms with Gasteiger partial charge in [0.2, 0.25) is 5.95 Å². The van der Waals surface area contributed by atoms with Gasteiger partial charge in [0.05, 0.1) is 0 Å². The molecule has 1 saturated heterocycles.